The molecular formula is C28H32Cl2F4N6O2. The fraction of sp³-hybridized carbons (Fsp3) is 0.464. The van der Waals surface area contributed by atoms with Gasteiger partial charge >= 0.3 is 6.18 Å². The third kappa shape index (κ3) is 7.03. The Balaban J connectivity index is 1.67. The Bertz CT molecular complexity index is 1500. The number of aromatic nitrogens is 2. The fourth-order valence-electron chi connectivity index (χ4n) is 4.54. The predicted octanol–water partition coefficient (Wildman–Crippen LogP) is 6.66. The summed E-state index contributed by atoms with van der Waals surface area (Å²) in [7, 11) is 3.62. The summed E-state index contributed by atoms with van der Waals surface area (Å²) in [6.07, 6.45) is -2.58. The number of rotatable bonds is 10. The molecule has 1 aromatic heterocycles. The number of aryl methyl sites for hydroxylation is 1. The molecule has 0 saturated heterocycles. The number of carbonyl (C=O) groups excluding carboxylic acids is 2. The third-order valence-electron chi connectivity index (χ3n) is 7.33. The van der Waals surface area contributed by atoms with Gasteiger partial charge in [0.25, 0.3) is 11.8 Å². The van der Waals surface area contributed by atoms with Gasteiger partial charge in [0.15, 0.2) is 5.67 Å². The van der Waals surface area contributed by atoms with Gasteiger partial charge in [0, 0.05) is 33.2 Å². The van der Waals surface area contributed by atoms with Crippen molar-refractivity contribution < 1.29 is 27.2 Å². The van der Waals surface area contributed by atoms with Gasteiger partial charge in [-0.3, -0.25) is 9.59 Å². The van der Waals surface area contributed by atoms with Gasteiger partial charge in [-0.15, -0.1) is 0 Å². The first-order valence-corrected chi connectivity index (χ1v) is 14.1. The Labute approximate surface area is 250 Å². The van der Waals surface area contributed by atoms with E-state index in [0.29, 0.717) is 33.9 Å². The summed E-state index contributed by atoms with van der Waals surface area (Å²) in [5.74, 6) is -1.09. The first kappa shape index (κ1) is 31.7. The van der Waals surface area contributed by atoms with E-state index in [2.05, 4.69) is 20.9 Å². The molecule has 3 N–H and O–H groups in total. The number of imidazole rings is 1. The Morgan fingerprint density at radius 2 is 1.81 bits per heavy atom. The number of halogens is 6. The Morgan fingerprint density at radius 3 is 2.40 bits per heavy atom. The van der Waals surface area contributed by atoms with Crippen LogP contribution >= 0.6 is 23.2 Å². The molecule has 14 heteroatoms. The van der Waals surface area contributed by atoms with Crippen LogP contribution in [0.2, 0.25) is 10.0 Å². The number of nitrogens with zero attached hydrogens (tertiary/aromatic N) is 3. The molecule has 1 saturated carbocycles. The van der Waals surface area contributed by atoms with E-state index in [1.807, 2.05) is 11.9 Å². The van der Waals surface area contributed by atoms with E-state index in [9.17, 15) is 27.2 Å². The number of amides is 2. The molecule has 1 aliphatic carbocycles. The van der Waals surface area contributed by atoms with E-state index in [-0.39, 0.29) is 28.2 Å². The van der Waals surface area contributed by atoms with Crippen molar-refractivity contribution in [1.82, 2.24) is 20.2 Å². The molecule has 0 aliphatic heterocycles. The first-order chi connectivity index (χ1) is 19.6. The van der Waals surface area contributed by atoms with Crippen LogP contribution in [0.15, 0.2) is 24.3 Å². The second-order valence-corrected chi connectivity index (χ2v) is 11.6. The number of benzene rings is 2. The van der Waals surface area contributed by atoms with Crippen LogP contribution in [0.1, 0.15) is 55.5 Å². The van der Waals surface area contributed by atoms with Gasteiger partial charge in [-0.05, 0) is 56.9 Å². The molecule has 3 aromatic rings. The van der Waals surface area contributed by atoms with Crippen molar-refractivity contribution in [3.63, 3.8) is 0 Å². The molecule has 1 aliphatic rings. The highest BCUT2D eigenvalue weighted by molar-refractivity contribution is 6.39. The molecule has 1 heterocycles. The van der Waals surface area contributed by atoms with Crippen molar-refractivity contribution in [2.45, 2.75) is 64.0 Å². The van der Waals surface area contributed by atoms with Crippen LogP contribution in [0.25, 0.3) is 11.0 Å². The summed E-state index contributed by atoms with van der Waals surface area (Å²) in [6, 6.07) is 6.75. The van der Waals surface area contributed by atoms with Crippen LogP contribution in [0.4, 0.5) is 34.9 Å². The van der Waals surface area contributed by atoms with Crippen molar-refractivity contribution in [3.05, 3.63) is 45.4 Å². The maximum atomic E-state index is 13.9. The zero-order chi connectivity index (χ0) is 31.0. The molecular weight excluding hydrogens is 599 g/mol. The molecule has 2 amide bonds. The highest BCUT2D eigenvalue weighted by Crippen LogP contribution is 2.38. The van der Waals surface area contributed by atoms with E-state index in [0.717, 1.165) is 33.1 Å². The van der Waals surface area contributed by atoms with E-state index >= 15 is 0 Å². The van der Waals surface area contributed by atoms with Gasteiger partial charge in [-0.25, -0.2) is 9.37 Å². The lowest BCUT2D eigenvalue weighted by molar-refractivity contribution is -0.133. The Kier molecular flexibility index (Phi) is 9.17. The van der Waals surface area contributed by atoms with Crippen molar-refractivity contribution in [2.24, 2.45) is 7.05 Å². The quantitative estimate of drug-likeness (QED) is 0.218. The highest BCUT2D eigenvalue weighted by Gasteiger charge is 2.30. The van der Waals surface area contributed by atoms with Gasteiger partial charge < -0.3 is 25.4 Å². The van der Waals surface area contributed by atoms with Crippen molar-refractivity contribution in [1.29, 1.82) is 0 Å². The van der Waals surface area contributed by atoms with Gasteiger partial charge in [0.05, 0.1) is 44.4 Å². The van der Waals surface area contributed by atoms with Gasteiger partial charge in [0.2, 0.25) is 5.95 Å². The Morgan fingerprint density at radius 1 is 1.12 bits per heavy atom. The number of hydrogen-bond acceptors (Lipinski definition) is 5. The molecule has 42 heavy (non-hydrogen) atoms. The number of carbonyl (C=O) groups is 2. The van der Waals surface area contributed by atoms with Crippen LogP contribution in [-0.2, 0) is 18.4 Å². The second kappa shape index (κ2) is 12.2. The van der Waals surface area contributed by atoms with Crippen LogP contribution in [0.3, 0.4) is 0 Å². The molecule has 0 radical (unpaired) electrons. The molecule has 0 unspecified atom stereocenters. The minimum atomic E-state index is -4.39. The SMILES string of the molecule is CN(c1cc2c(cc1C(=O)NCCC(F)(F)F)nc(Nc1c(Cl)ccc(CNC(=O)C(C)(C)F)c1Cl)n2C)C1CCC1. The predicted molar refractivity (Wildman–Crippen MR) is 157 cm³/mol. The molecule has 0 spiro atoms. The number of nitrogens with one attached hydrogen (secondary N) is 3. The van der Waals surface area contributed by atoms with Crippen LogP contribution in [-0.4, -0.2) is 52.8 Å². The van der Waals surface area contributed by atoms with Gasteiger partial charge in [-0.2, -0.15) is 13.2 Å². The normalized spacial score (nSPS) is 14.0. The first-order valence-electron chi connectivity index (χ1n) is 13.4. The van der Waals surface area contributed by atoms with Crippen LogP contribution in [0, 0.1) is 0 Å². The lowest BCUT2D eigenvalue weighted by Gasteiger charge is -2.37. The maximum absolute atomic E-state index is 13.9. The molecule has 0 bridgehead atoms. The lowest BCUT2D eigenvalue weighted by Crippen LogP contribution is -2.38. The number of anilines is 3. The second-order valence-electron chi connectivity index (χ2n) is 10.8. The topological polar surface area (TPSA) is 91.3 Å². The summed E-state index contributed by atoms with van der Waals surface area (Å²) < 4.78 is 53.7. The molecule has 1 fully saturated rings. The van der Waals surface area contributed by atoms with Crippen molar-refractivity contribution in [2.75, 3.05) is 23.8 Å². The smallest absolute Gasteiger partial charge is 0.371 e. The van der Waals surface area contributed by atoms with E-state index in [1.165, 1.54) is 0 Å². The van der Waals surface area contributed by atoms with E-state index in [1.54, 1.807) is 35.9 Å². The van der Waals surface area contributed by atoms with Gasteiger partial charge in [0.1, 0.15) is 0 Å². The molecule has 2 aromatic carbocycles. The van der Waals surface area contributed by atoms with Crippen molar-refractivity contribution in [3.8, 4) is 0 Å². The average Bonchev–Trinajstić information content (AvgIpc) is 3.16. The number of alkyl halides is 4. The summed E-state index contributed by atoms with van der Waals surface area (Å²) >= 11 is 13.1. The van der Waals surface area contributed by atoms with Crippen molar-refractivity contribution >= 4 is 63.4 Å². The Hall–Kier alpha value is -3.25. The largest absolute Gasteiger partial charge is 0.390 e. The molecule has 8 nitrogen and oxygen atoms in total. The summed E-state index contributed by atoms with van der Waals surface area (Å²) in [5, 5.41) is 8.46. The minimum Gasteiger partial charge on any atom is -0.371 e. The molecule has 4 rings (SSSR count). The van der Waals surface area contributed by atoms with E-state index < -0.39 is 36.6 Å². The zero-order valence-electron chi connectivity index (χ0n) is 23.6. The monoisotopic (exact) mass is 630 g/mol. The fourth-order valence-corrected chi connectivity index (χ4v) is 5.07. The average molecular weight is 632 g/mol. The zero-order valence-corrected chi connectivity index (χ0v) is 25.1. The van der Waals surface area contributed by atoms with Gasteiger partial charge in [-0.1, -0.05) is 29.3 Å². The summed E-state index contributed by atoms with van der Waals surface area (Å²) in [4.78, 5) is 31.6. The standard InChI is InChI=1S/C28H32Cl2F4N6O2/c1-27(2,31)25(42)36-14-15-8-9-18(29)23(22(15)30)38-26-37-19-12-17(24(41)35-11-10-28(32,33)34)20(13-21(19)40(26)4)39(3)16-6-5-7-16/h8-9,12-13,16H,5-7,10-11,14H2,1-4H3,(H,35,41)(H,36,42)(H,37,38). The third-order valence-corrected chi connectivity index (χ3v) is 8.07. The minimum absolute atomic E-state index is 0.0386. The number of hydrogen-bond donors (Lipinski definition) is 3. The van der Waals surface area contributed by atoms with E-state index in [4.69, 9.17) is 23.2 Å². The van der Waals surface area contributed by atoms with Crippen LogP contribution < -0.4 is 20.9 Å². The lowest BCUT2D eigenvalue weighted by atomic mass is 9.91. The summed E-state index contributed by atoms with van der Waals surface area (Å²) in [5.41, 5.74) is 0.609. The molecule has 0 atom stereocenters. The molecule has 228 valence electrons. The summed E-state index contributed by atoms with van der Waals surface area (Å²) in [6.45, 7) is 1.72. The maximum Gasteiger partial charge on any atom is 0.390 e. The van der Waals surface area contributed by atoms with Crippen LogP contribution in [0.5, 0.6) is 0 Å². The number of fused-ring (bicyclic) bond motifs is 1. The highest BCUT2D eigenvalue weighted by atomic mass is 35.5.